The molecule has 1 N–H and O–H groups in total. The van der Waals surface area contributed by atoms with Crippen molar-refractivity contribution < 1.29 is 9.47 Å². The summed E-state index contributed by atoms with van der Waals surface area (Å²) in [5.74, 6) is 1.38. The van der Waals surface area contributed by atoms with Crippen LogP contribution in [0.2, 0.25) is 25.7 Å². The van der Waals surface area contributed by atoms with Gasteiger partial charge in [0, 0.05) is 32.9 Å². The Morgan fingerprint density at radius 3 is 2.58 bits per heavy atom. The lowest BCUT2D eigenvalue weighted by atomic mass is 9.97. The Morgan fingerprint density at radius 1 is 1.19 bits per heavy atom. The van der Waals surface area contributed by atoms with Gasteiger partial charge in [-0.05, 0) is 37.6 Å². The lowest BCUT2D eigenvalue weighted by molar-refractivity contribution is 0.0844. The highest BCUT2D eigenvalue weighted by Gasteiger charge is 2.19. The van der Waals surface area contributed by atoms with Crippen LogP contribution in [-0.4, -0.2) is 43.4 Å². The molecule has 0 bridgehead atoms. The lowest BCUT2D eigenvalue weighted by Gasteiger charge is -2.17. The first-order valence-electron chi connectivity index (χ1n) is 10.5. The van der Waals surface area contributed by atoms with Crippen LogP contribution in [0.25, 0.3) is 22.2 Å². The van der Waals surface area contributed by atoms with E-state index in [0.29, 0.717) is 29.0 Å². The summed E-state index contributed by atoms with van der Waals surface area (Å²) in [7, 11) is 2.25. The summed E-state index contributed by atoms with van der Waals surface area (Å²) in [5, 5.41) is 3.57. The van der Waals surface area contributed by atoms with Gasteiger partial charge >= 0.3 is 0 Å². The molecule has 7 nitrogen and oxygen atoms in total. The van der Waals surface area contributed by atoms with Crippen molar-refractivity contribution in [3.8, 4) is 17.0 Å². The molecule has 166 valence electrons. The van der Waals surface area contributed by atoms with Crippen LogP contribution >= 0.6 is 0 Å². The Labute approximate surface area is 184 Å². The second kappa shape index (κ2) is 9.19. The van der Waals surface area contributed by atoms with Gasteiger partial charge in [-0.15, -0.1) is 0 Å². The molecule has 0 saturated carbocycles. The zero-order valence-corrected chi connectivity index (χ0v) is 20.5. The number of hydrogen-bond donors (Lipinski definition) is 1. The number of ether oxygens (including phenoxy) is 2. The van der Waals surface area contributed by atoms with Gasteiger partial charge < -0.3 is 14.8 Å². The first-order chi connectivity index (χ1) is 14.7. The maximum Gasteiger partial charge on any atom is 0.263 e. The number of hydrogen-bond acceptors (Lipinski definition) is 6. The van der Waals surface area contributed by atoms with Crippen LogP contribution in [0.5, 0.6) is 5.75 Å². The highest BCUT2D eigenvalue weighted by molar-refractivity contribution is 6.76. The van der Waals surface area contributed by atoms with Crippen LogP contribution in [0.3, 0.4) is 0 Å². The molecular weight excluding hydrogens is 408 g/mol. The molecule has 3 rings (SSSR count). The van der Waals surface area contributed by atoms with Gasteiger partial charge in [0.05, 0.1) is 18.2 Å². The van der Waals surface area contributed by atoms with Gasteiger partial charge in [-0.25, -0.2) is 9.97 Å². The summed E-state index contributed by atoms with van der Waals surface area (Å²) < 4.78 is 12.8. The van der Waals surface area contributed by atoms with E-state index in [1.807, 2.05) is 26.0 Å². The van der Waals surface area contributed by atoms with E-state index in [0.717, 1.165) is 28.5 Å². The second-order valence-electron chi connectivity index (χ2n) is 8.95. The number of aromatic nitrogens is 3. The molecule has 0 unspecified atom stereocenters. The van der Waals surface area contributed by atoms with Crippen molar-refractivity contribution in [2.24, 2.45) is 0 Å². The van der Waals surface area contributed by atoms with Gasteiger partial charge in [0.15, 0.2) is 0 Å². The van der Waals surface area contributed by atoms with Gasteiger partial charge in [0.1, 0.15) is 30.1 Å². The lowest BCUT2D eigenvalue weighted by Crippen LogP contribution is -2.25. The molecule has 1 aromatic carbocycles. The van der Waals surface area contributed by atoms with E-state index in [9.17, 15) is 4.79 Å². The van der Waals surface area contributed by atoms with E-state index < -0.39 is 8.07 Å². The highest BCUT2D eigenvalue weighted by Crippen LogP contribution is 2.35. The first-order valence-corrected chi connectivity index (χ1v) is 14.2. The molecule has 0 saturated heterocycles. The number of rotatable bonds is 8. The Hall–Kier alpha value is -2.71. The summed E-state index contributed by atoms with van der Waals surface area (Å²) in [4.78, 5) is 22.6. The number of nitrogens with zero attached hydrogens (tertiary/aromatic N) is 3. The monoisotopic (exact) mass is 440 g/mol. The van der Waals surface area contributed by atoms with Crippen molar-refractivity contribution >= 4 is 24.8 Å². The maximum absolute atomic E-state index is 13.2. The molecule has 0 fully saturated rings. The van der Waals surface area contributed by atoms with E-state index in [-0.39, 0.29) is 12.3 Å². The van der Waals surface area contributed by atoms with Crippen LogP contribution in [-0.2, 0) is 11.5 Å². The van der Waals surface area contributed by atoms with Crippen LogP contribution in [0.4, 0.5) is 5.82 Å². The van der Waals surface area contributed by atoms with E-state index in [1.54, 1.807) is 26.6 Å². The highest BCUT2D eigenvalue weighted by atomic mass is 28.3. The largest absolute Gasteiger partial charge is 0.496 e. The van der Waals surface area contributed by atoms with Crippen molar-refractivity contribution in [3.05, 3.63) is 46.0 Å². The number of anilines is 1. The van der Waals surface area contributed by atoms with Crippen molar-refractivity contribution in [2.75, 3.05) is 26.1 Å². The fraction of sp³-hybridized carbons (Fsp3) is 0.435. The SMILES string of the molecule is CNc1cc2c(=O)n(COCC[Si](C)(C)C)cnc2c(-c2c(C)ccc(OC)c2C)n1. The van der Waals surface area contributed by atoms with Gasteiger partial charge in [-0.1, -0.05) is 25.7 Å². The fourth-order valence-electron chi connectivity index (χ4n) is 3.52. The van der Waals surface area contributed by atoms with Gasteiger partial charge in [-0.3, -0.25) is 9.36 Å². The number of benzene rings is 1. The normalized spacial score (nSPS) is 11.7. The zero-order valence-electron chi connectivity index (χ0n) is 19.5. The average molecular weight is 441 g/mol. The zero-order chi connectivity index (χ0) is 22.8. The Bertz CT molecular complexity index is 1150. The second-order valence-corrected chi connectivity index (χ2v) is 14.6. The van der Waals surface area contributed by atoms with Crippen molar-refractivity contribution in [1.82, 2.24) is 14.5 Å². The Morgan fingerprint density at radius 2 is 1.94 bits per heavy atom. The average Bonchev–Trinajstić information content (AvgIpc) is 2.72. The van der Waals surface area contributed by atoms with Gasteiger partial charge in [0.2, 0.25) is 0 Å². The van der Waals surface area contributed by atoms with E-state index in [2.05, 4.69) is 29.9 Å². The minimum atomic E-state index is -1.18. The van der Waals surface area contributed by atoms with Crippen molar-refractivity contribution in [2.45, 2.75) is 46.3 Å². The predicted octanol–water partition coefficient (Wildman–Crippen LogP) is 4.44. The van der Waals surface area contributed by atoms with Crippen molar-refractivity contribution in [3.63, 3.8) is 0 Å². The molecule has 0 amide bonds. The number of fused-ring (bicyclic) bond motifs is 1. The third-order valence-corrected chi connectivity index (χ3v) is 7.08. The topological polar surface area (TPSA) is 78.3 Å². The molecule has 8 heteroatoms. The predicted molar refractivity (Wildman–Crippen MR) is 129 cm³/mol. The quantitative estimate of drug-likeness (QED) is 0.412. The van der Waals surface area contributed by atoms with Crippen LogP contribution in [0.15, 0.2) is 29.3 Å². The molecule has 0 aliphatic rings. The number of methoxy groups -OCH3 is 1. The van der Waals surface area contributed by atoms with Crippen molar-refractivity contribution in [1.29, 1.82) is 0 Å². The molecule has 31 heavy (non-hydrogen) atoms. The molecule has 3 aromatic rings. The summed E-state index contributed by atoms with van der Waals surface area (Å²) >= 11 is 0. The number of aryl methyl sites for hydroxylation is 1. The summed E-state index contributed by atoms with van der Waals surface area (Å²) in [6.07, 6.45) is 1.55. The summed E-state index contributed by atoms with van der Waals surface area (Å²) in [5.41, 5.74) is 4.03. The fourth-order valence-corrected chi connectivity index (χ4v) is 4.27. The first kappa shape index (κ1) is 23.0. The Kier molecular flexibility index (Phi) is 6.81. The molecule has 0 aliphatic carbocycles. The number of nitrogens with one attached hydrogen (secondary N) is 1. The molecule has 0 aliphatic heterocycles. The molecule has 0 atom stereocenters. The maximum atomic E-state index is 13.2. The minimum Gasteiger partial charge on any atom is -0.496 e. The van der Waals surface area contributed by atoms with E-state index in [4.69, 9.17) is 14.5 Å². The molecule has 0 radical (unpaired) electrons. The van der Waals surface area contributed by atoms with Crippen LogP contribution < -0.4 is 15.6 Å². The third-order valence-electron chi connectivity index (χ3n) is 5.37. The summed E-state index contributed by atoms with van der Waals surface area (Å²) in [6, 6.07) is 6.73. The molecule has 2 aromatic heterocycles. The minimum absolute atomic E-state index is 0.142. The van der Waals surface area contributed by atoms with Crippen LogP contribution in [0, 0.1) is 13.8 Å². The smallest absolute Gasteiger partial charge is 0.263 e. The standard InChI is InChI=1S/C23H32N4O3Si/c1-15-8-9-18(29-4)16(2)20(15)22-21-17(12-19(24-3)26-22)23(28)27(13-25-21)14-30-10-11-31(5,6)7/h8-9,12-13H,10-11,14H2,1-7H3,(H,24,26). The summed E-state index contributed by atoms with van der Waals surface area (Å²) in [6.45, 7) is 11.8. The molecular formula is C23H32N4O3Si. The van der Waals surface area contributed by atoms with Gasteiger partial charge in [0.25, 0.3) is 5.56 Å². The van der Waals surface area contributed by atoms with Crippen LogP contribution in [0.1, 0.15) is 11.1 Å². The Balaban J connectivity index is 2.10. The molecule has 0 spiro atoms. The molecule has 2 heterocycles. The third kappa shape index (κ3) is 4.96. The van der Waals surface area contributed by atoms with Gasteiger partial charge in [-0.2, -0.15) is 0 Å². The van der Waals surface area contributed by atoms with E-state index >= 15 is 0 Å². The van der Waals surface area contributed by atoms with E-state index in [1.165, 1.54) is 4.57 Å². The number of pyridine rings is 1.